The molecule has 0 N–H and O–H groups in total. The third-order valence-corrected chi connectivity index (χ3v) is 2.56. The lowest BCUT2D eigenvalue weighted by molar-refractivity contribution is -0.116. The van der Waals surface area contributed by atoms with Gasteiger partial charge in [0.15, 0.2) is 0 Å². The first-order valence-electron chi connectivity index (χ1n) is 5.65. The van der Waals surface area contributed by atoms with Crippen molar-refractivity contribution in [1.29, 1.82) is 0 Å². The average Bonchev–Trinajstić information content (AvgIpc) is 2.30. The third-order valence-electron chi connectivity index (χ3n) is 2.56. The summed E-state index contributed by atoms with van der Waals surface area (Å²) in [5.74, 6) is -0.300. The zero-order valence-corrected chi connectivity index (χ0v) is 10.1. The normalized spacial score (nSPS) is 12.5. The number of hydrogen-bond acceptors (Lipinski definition) is 3. The largest absolute Gasteiger partial charge is 0.364 e. The second-order valence-corrected chi connectivity index (χ2v) is 3.93. The van der Waals surface area contributed by atoms with Gasteiger partial charge in [-0.2, -0.15) is 0 Å². The fourth-order valence-electron chi connectivity index (χ4n) is 1.45. The van der Waals surface area contributed by atoms with Crippen LogP contribution in [0.4, 0.5) is 0 Å². The molecule has 1 unspecified atom stereocenters. The zero-order chi connectivity index (χ0) is 12.0. The number of carbonyl (C=O) groups excluding carboxylic acids is 1. The Kier molecular flexibility index (Phi) is 4.99. The SMILES string of the molecule is CCCC(C)N(C)OC(=O)c1ccccc1. The minimum atomic E-state index is -0.300. The van der Waals surface area contributed by atoms with Crippen LogP contribution >= 0.6 is 0 Å². The van der Waals surface area contributed by atoms with Gasteiger partial charge in [0.2, 0.25) is 0 Å². The summed E-state index contributed by atoms with van der Waals surface area (Å²) < 4.78 is 0. The number of benzene rings is 1. The molecule has 16 heavy (non-hydrogen) atoms. The predicted octanol–water partition coefficient (Wildman–Crippen LogP) is 2.88. The minimum Gasteiger partial charge on any atom is -0.364 e. The molecule has 0 aliphatic carbocycles. The average molecular weight is 221 g/mol. The minimum absolute atomic E-state index is 0.248. The molecule has 0 bridgehead atoms. The highest BCUT2D eigenvalue weighted by atomic mass is 16.7. The van der Waals surface area contributed by atoms with Crippen LogP contribution in [0.25, 0.3) is 0 Å². The van der Waals surface area contributed by atoms with E-state index in [-0.39, 0.29) is 12.0 Å². The molecule has 3 nitrogen and oxygen atoms in total. The van der Waals surface area contributed by atoms with Crippen LogP contribution in [0, 0.1) is 0 Å². The molecule has 1 atom stereocenters. The quantitative estimate of drug-likeness (QED) is 0.716. The van der Waals surface area contributed by atoms with E-state index in [1.807, 2.05) is 25.1 Å². The molecule has 1 aromatic rings. The number of nitrogens with zero attached hydrogens (tertiary/aromatic N) is 1. The van der Waals surface area contributed by atoms with Crippen LogP contribution in [0.5, 0.6) is 0 Å². The van der Waals surface area contributed by atoms with Crippen LogP contribution in [0.2, 0.25) is 0 Å². The van der Waals surface area contributed by atoms with E-state index in [1.54, 1.807) is 24.2 Å². The van der Waals surface area contributed by atoms with E-state index in [2.05, 4.69) is 6.92 Å². The maximum Gasteiger partial charge on any atom is 0.357 e. The van der Waals surface area contributed by atoms with Gasteiger partial charge in [0.25, 0.3) is 0 Å². The first-order chi connectivity index (χ1) is 7.65. The van der Waals surface area contributed by atoms with Crippen LogP contribution in [0.3, 0.4) is 0 Å². The zero-order valence-electron chi connectivity index (χ0n) is 10.1. The Hall–Kier alpha value is -1.35. The summed E-state index contributed by atoms with van der Waals surface area (Å²) in [6, 6.07) is 9.28. The topological polar surface area (TPSA) is 29.5 Å². The van der Waals surface area contributed by atoms with Gasteiger partial charge in [-0.05, 0) is 25.5 Å². The second kappa shape index (κ2) is 6.28. The van der Waals surface area contributed by atoms with Gasteiger partial charge in [0, 0.05) is 13.1 Å². The van der Waals surface area contributed by atoms with E-state index < -0.39 is 0 Å². The molecule has 0 aromatic heterocycles. The third kappa shape index (κ3) is 3.66. The molecule has 0 radical (unpaired) electrons. The van der Waals surface area contributed by atoms with Crippen molar-refractivity contribution < 1.29 is 9.63 Å². The van der Waals surface area contributed by atoms with Crippen molar-refractivity contribution in [2.45, 2.75) is 32.7 Å². The summed E-state index contributed by atoms with van der Waals surface area (Å²) in [6.07, 6.45) is 2.09. The van der Waals surface area contributed by atoms with Crippen molar-refractivity contribution >= 4 is 5.97 Å². The Morgan fingerprint density at radius 2 is 2.00 bits per heavy atom. The molecule has 1 rings (SSSR count). The maximum atomic E-state index is 11.7. The Morgan fingerprint density at radius 1 is 1.38 bits per heavy atom. The van der Waals surface area contributed by atoms with Crippen LogP contribution in [0.15, 0.2) is 30.3 Å². The molecule has 0 spiro atoms. The summed E-state index contributed by atoms with van der Waals surface area (Å²) >= 11 is 0. The highest BCUT2D eigenvalue weighted by Crippen LogP contribution is 2.08. The highest BCUT2D eigenvalue weighted by molar-refractivity contribution is 5.89. The lowest BCUT2D eigenvalue weighted by Crippen LogP contribution is -2.31. The first kappa shape index (κ1) is 12.7. The van der Waals surface area contributed by atoms with Crippen molar-refractivity contribution in [1.82, 2.24) is 5.06 Å². The van der Waals surface area contributed by atoms with Gasteiger partial charge in [-0.1, -0.05) is 31.5 Å². The van der Waals surface area contributed by atoms with E-state index in [0.29, 0.717) is 5.56 Å². The summed E-state index contributed by atoms with van der Waals surface area (Å²) in [5, 5.41) is 1.62. The number of rotatable bonds is 5. The number of hydroxylamine groups is 2. The summed E-state index contributed by atoms with van der Waals surface area (Å²) in [5.41, 5.74) is 0.582. The van der Waals surface area contributed by atoms with Crippen LogP contribution in [0.1, 0.15) is 37.0 Å². The van der Waals surface area contributed by atoms with Crippen molar-refractivity contribution in [2.75, 3.05) is 7.05 Å². The summed E-state index contributed by atoms with van der Waals surface area (Å²) in [4.78, 5) is 16.9. The molecule has 0 amide bonds. The van der Waals surface area contributed by atoms with Gasteiger partial charge >= 0.3 is 5.97 Å². The van der Waals surface area contributed by atoms with Crippen molar-refractivity contribution in [3.8, 4) is 0 Å². The fraction of sp³-hybridized carbons (Fsp3) is 0.462. The molecule has 0 aliphatic heterocycles. The number of hydrogen-bond donors (Lipinski definition) is 0. The van der Waals surface area contributed by atoms with Crippen molar-refractivity contribution in [3.05, 3.63) is 35.9 Å². The maximum absolute atomic E-state index is 11.7. The van der Waals surface area contributed by atoms with Crippen molar-refractivity contribution in [2.24, 2.45) is 0 Å². The van der Waals surface area contributed by atoms with Gasteiger partial charge in [0.1, 0.15) is 0 Å². The molecule has 0 saturated heterocycles. The first-order valence-corrected chi connectivity index (χ1v) is 5.65. The second-order valence-electron chi connectivity index (χ2n) is 3.93. The van der Waals surface area contributed by atoms with Gasteiger partial charge in [-0.15, -0.1) is 5.06 Å². The van der Waals surface area contributed by atoms with Crippen molar-refractivity contribution in [3.63, 3.8) is 0 Å². The molecule has 0 aliphatic rings. The standard InChI is InChI=1S/C13H19NO2/c1-4-8-11(2)14(3)16-13(15)12-9-6-5-7-10-12/h5-7,9-11H,4,8H2,1-3H3. The molecular weight excluding hydrogens is 202 g/mol. The lowest BCUT2D eigenvalue weighted by Gasteiger charge is -2.22. The number of carbonyl (C=O) groups is 1. The molecule has 0 fully saturated rings. The highest BCUT2D eigenvalue weighted by Gasteiger charge is 2.14. The molecule has 1 aromatic carbocycles. The Morgan fingerprint density at radius 3 is 2.56 bits per heavy atom. The van der Waals surface area contributed by atoms with Crippen LogP contribution in [-0.2, 0) is 4.84 Å². The Bertz CT molecular complexity index is 324. The van der Waals surface area contributed by atoms with Crippen LogP contribution < -0.4 is 0 Å². The van der Waals surface area contributed by atoms with E-state index in [9.17, 15) is 4.79 Å². The van der Waals surface area contributed by atoms with Crippen LogP contribution in [-0.4, -0.2) is 24.1 Å². The van der Waals surface area contributed by atoms with E-state index in [1.165, 1.54) is 0 Å². The molecule has 3 heteroatoms. The smallest absolute Gasteiger partial charge is 0.357 e. The Balaban J connectivity index is 2.52. The monoisotopic (exact) mass is 221 g/mol. The lowest BCUT2D eigenvalue weighted by atomic mass is 10.2. The molecule has 88 valence electrons. The summed E-state index contributed by atoms with van der Waals surface area (Å²) in [6.45, 7) is 4.16. The predicted molar refractivity (Wildman–Crippen MR) is 64.0 cm³/mol. The van der Waals surface area contributed by atoms with E-state index in [0.717, 1.165) is 12.8 Å². The Labute approximate surface area is 97.0 Å². The molecule has 0 saturated carbocycles. The van der Waals surface area contributed by atoms with E-state index in [4.69, 9.17) is 4.84 Å². The van der Waals surface area contributed by atoms with Gasteiger partial charge in [-0.25, -0.2) is 4.79 Å². The van der Waals surface area contributed by atoms with Gasteiger partial charge in [-0.3, -0.25) is 0 Å². The fourth-order valence-corrected chi connectivity index (χ4v) is 1.45. The summed E-state index contributed by atoms with van der Waals surface area (Å²) in [7, 11) is 1.79. The van der Waals surface area contributed by atoms with Gasteiger partial charge in [0.05, 0.1) is 5.56 Å². The van der Waals surface area contributed by atoms with Gasteiger partial charge < -0.3 is 4.84 Å². The molecule has 0 heterocycles. The van der Waals surface area contributed by atoms with E-state index >= 15 is 0 Å². The molecular formula is C13H19NO2.